The van der Waals surface area contributed by atoms with E-state index in [9.17, 15) is 0 Å². The molecule has 3 heterocycles. The van der Waals surface area contributed by atoms with E-state index in [0.29, 0.717) is 17.9 Å². The van der Waals surface area contributed by atoms with Crippen molar-refractivity contribution in [3.8, 4) is 0 Å². The molecule has 0 bridgehead atoms. The molecule has 134 valence electrons. The molecular formula is C21H30N4. The maximum absolute atomic E-state index is 4.87. The number of rotatable bonds is 1. The second kappa shape index (κ2) is 6.43. The minimum Gasteiger partial charge on any atom is -0.366 e. The van der Waals surface area contributed by atoms with Gasteiger partial charge in [0.15, 0.2) is 0 Å². The number of anilines is 3. The monoisotopic (exact) mass is 338 g/mol. The number of aromatic nitrogens is 1. The SMILES string of the molecule is CC.Cc1nc2c(c3c1NCN3)C1C=CCC1C(c1ccccc1)N2.[HH].[HH]. The molecule has 0 saturated heterocycles. The van der Waals surface area contributed by atoms with Crippen molar-refractivity contribution in [2.24, 2.45) is 5.92 Å². The highest BCUT2D eigenvalue weighted by atomic mass is 15.2. The highest BCUT2D eigenvalue weighted by molar-refractivity contribution is 5.84. The molecule has 4 heteroatoms. The van der Waals surface area contributed by atoms with E-state index in [4.69, 9.17) is 4.98 Å². The van der Waals surface area contributed by atoms with Crippen molar-refractivity contribution in [3.05, 3.63) is 59.3 Å². The fourth-order valence-electron chi connectivity index (χ4n) is 4.34. The quantitative estimate of drug-likeness (QED) is 0.598. The van der Waals surface area contributed by atoms with E-state index in [0.717, 1.165) is 24.6 Å². The number of nitrogens with zero attached hydrogens (tertiary/aromatic N) is 1. The van der Waals surface area contributed by atoms with Gasteiger partial charge in [-0.15, -0.1) is 0 Å². The lowest BCUT2D eigenvalue weighted by Gasteiger charge is -2.37. The highest BCUT2D eigenvalue weighted by Gasteiger charge is 2.41. The van der Waals surface area contributed by atoms with Gasteiger partial charge in [-0.05, 0) is 24.8 Å². The highest BCUT2D eigenvalue weighted by Crippen LogP contribution is 2.53. The van der Waals surface area contributed by atoms with Gasteiger partial charge < -0.3 is 16.0 Å². The molecule has 3 N–H and O–H groups in total. The summed E-state index contributed by atoms with van der Waals surface area (Å²) in [6, 6.07) is 11.1. The molecule has 0 saturated carbocycles. The van der Waals surface area contributed by atoms with Crippen LogP contribution in [0.1, 0.15) is 51.9 Å². The number of hydrogen-bond donors (Lipinski definition) is 3. The smallest absolute Gasteiger partial charge is 0.132 e. The van der Waals surface area contributed by atoms with Crippen molar-refractivity contribution in [1.82, 2.24) is 4.98 Å². The molecule has 0 radical (unpaired) electrons. The third kappa shape index (κ3) is 2.48. The van der Waals surface area contributed by atoms with Crippen LogP contribution in [0.2, 0.25) is 0 Å². The molecule has 3 aliphatic rings. The lowest BCUT2D eigenvalue weighted by atomic mass is 9.77. The van der Waals surface area contributed by atoms with Crippen LogP contribution < -0.4 is 16.0 Å². The Labute approximate surface area is 152 Å². The number of fused-ring (bicyclic) bond motifs is 5. The van der Waals surface area contributed by atoms with Gasteiger partial charge in [-0.1, -0.05) is 56.3 Å². The van der Waals surface area contributed by atoms with E-state index in [-0.39, 0.29) is 2.85 Å². The van der Waals surface area contributed by atoms with Crippen LogP contribution in [-0.2, 0) is 0 Å². The summed E-state index contributed by atoms with van der Waals surface area (Å²) in [7, 11) is 0. The van der Waals surface area contributed by atoms with Gasteiger partial charge in [0.2, 0.25) is 0 Å². The number of allylic oxidation sites excluding steroid dienone is 2. The van der Waals surface area contributed by atoms with Gasteiger partial charge in [-0.3, -0.25) is 0 Å². The summed E-state index contributed by atoms with van der Waals surface area (Å²) in [5.74, 6) is 2.03. The Morgan fingerprint density at radius 1 is 1.08 bits per heavy atom. The third-order valence-corrected chi connectivity index (χ3v) is 5.37. The molecule has 1 aromatic carbocycles. The molecule has 4 nitrogen and oxygen atoms in total. The van der Waals surface area contributed by atoms with Crippen LogP contribution in [0.4, 0.5) is 17.2 Å². The Morgan fingerprint density at radius 3 is 2.64 bits per heavy atom. The molecular weight excluding hydrogens is 308 g/mol. The summed E-state index contributed by atoms with van der Waals surface area (Å²) in [5.41, 5.74) is 6.16. The van der Waals surface area contributed by atoms with Gasteiger partial charge in [0.05, 0.1) is 29.8 Å². The minimum absolute atomic E-state index is 0. The van der Waals surface area contributed by atoms with E-state index in [1.54, 1.807) is 0 Å². The average molecular weight is 338 g/mol. The van der Waals surface area contributed by atoms with E-state index >= 15 is 0 Å². The summed E-state index contributed by atoms with van der Waals surface area (Å²) >= 11 is 0. The maximum atomic E-state index is 4.87. The van der Waals surface area contributed by atoms with Crippen molar-refractivity contribution in [2.75, 3.05) is 22.6 Å². The van der Waals surface area contributed by atoms with Crippen molar-refractivity contribution in [3.63, 3.8) is 0 Å². The fourth-order valence-corrected chi connectivity index (χ4v) is 4.34. The van der Waals surface area contributed by atoms with Crippen molar-refractivity contribution in [1.29, 1.82) is 0 Å². The predicted molar refractivity (Wildman–Crippen MR) is 109 cm³/mol. The largest absolute Gasteiger partial charge is 0.366 e. The van der Waals surface area contributed by atoms with Crippen LogP contribution in [0.15, 0.2) is 42.5 Å². The first-order valence-electron chi connectivity index (χ1n) is 9.33. The molecule has 1 aliphatic carbocycles. The van der Waals surface area contributed by atoms with Gasteiger partial charge >= 0.3 is 0 Å². The van der Waals surface area contributed by atoms with Crippen LogP contribution in [0.5, 0.6) is 0 Å². The normalized spacial score (nSPS) is 24.7. The molecule has 2 aromatic rings. The van der Waals surface area contributed by atoms with Gasteiger partial charge in [-0.2, -0.15) is 0 Å². The van der Waals surface area contributed by atoms with Gasteiger partial charge in [0.25, 0.3) is 0 Å². The molecule has 0 fully saturated rings. The molecule has 5 rings (SSSR count). The Balaban J connectivity index is 0.000000634. The van der Waals surface area contributed by atoms with E-state index < -0.39 is 0 Å². The first kappa shape index (κ1) is 16.0. The summed E-state index contributed by atoms with van der Waals surface area (Å²) in [6.45, 7) is 6.87. The van der Waals surface area contributed by atoms with Gasteiger partial charge in [0, 0.05) is 14.3 Å². The molecule has 0 amide bonds. The van der Waals surface area contributed by atoms with E-state index in [2.05, 4.69) is 65.4 Å². The molecule has 2 aliphatic heterocycles. The second-order valence-electron chi connectivity index (χ2n) is 6.63. The fraction of sp³-hybridized carbons (Fsp3) is 0.381. The zero-order valence-corrected chi connectivity index (χ0v) is 15.1. The van der Waals surface area contributed by atoms with E-state index in [1.165, 1.54) is 22.5 Å². The van der Waals surface area contributed by atoms with Crippen LogP contribution in [0.25, 0.3) is 0 Å². The minimum atomic E-state index is 0. The summed E-state index contributed by atoms with van der Waals surface area (Å²) in [5, 5.41) is 10.7. The summed E-state index contributed by atoms with van der Waals surface area (Å²) < 4.78 is 0. The first-order chi connectivity index (χ1) is 12.3. The topological polar surface area (TPSA) is 49.0 Å². The lowest BCUT2D eigenvalue weighted by Crippen LogP contribution is -2.30. The van der Waals surface area contributed by atoms with Gasteiger partial charge in [-0.25, -0.2) is 4.98 Å². The Morgan fingerprint density at radius 2 is 1.84 bits per heavy atom. The zero-order valence-electron chi connectivity index (χ0n) is 15.1. The third-order valence-electron chi connectivity index (χ3n) is 5.37. The molecule has 3 unspecified atom stereocenters. The number of hydrogen-bond acceptors (Lipinski definition) is 4. The standard InChI is InChI=1S/C19H20N4.C2H6.2H2/c1-11-16-18(21-10-20-16)15-13-8-5-9-14(13)17(23-19(15)22-11)12-6-3-2-4-7-12;1-2;;/h2-8,13-14,17,20-21H,9-10H2,1H3,(H,22,23);1-2H3;2*1H. The average Bonchev–Trinajstić information content (AvgIpc) is 3.33. The van der Waals surface area contributed by atoms with Crippen molar-refractivity contribution in [2.45, 2.75) is 39.2 Å². The summed E-state index contributed by atoms with van der Waals surface area (Å²) in [6.07, 6.45) is 5.82. The Hall–Kier alpha value is -2.49. The summed E-state index contributed by atoms with van der Waals surface area (Å²) in [4.78, 5) is 4.87. The number of aryl methyl sites for hydroxylation is 1. The zero-order chi connectivity index (χ0) is 17.4. The van der Waals surface area contributed by atoms with Crippen LogP contribution in [-0.4, -0.2) is 11.7 Å². The molecule has 0 spiro atoms. The maximum Gasteiger partial charge on any atom is 0.132 e. The van der Waals surface area contributed by atoms with Crippen LogP contribution in [0.3, 0.4) is 0 Å². The first-order valence-corrected chi connectivity index (χ1v) is 9.33. The van der Waals surface area contributed by atoms with Gasteiger partial charge in [0.1, 0.15) is 5.82 Å². The second-order valence-corrected chi connectivity index (χ2v) is 6.63. The predicted octanol–water partition coefficient (Wildman–Crippen LogP) is 5.53. The molecule has 25 heavy (non-hydrogen) atoms. The van der Waals surface area contributed by atoms with Crippen LogP contribution in [0, 0.1) is 12.8 Å². The number of benzene rings is 1. The Kier molecular flexibility index (Phi) is 4.12. The lowest BCUT2D eigenvalue weighted by molar-refractivity contribution is 0.424. The molecule has 1 aromatic heterocycles. The number of nitrogens with one attached hydrogen (secondary N) is 3. The van der Waals surface area contributed by atoms with Crippen molar-refractivity contribution >= 4 is 17.2 Å². The van der Waals surface area contributed by atoms with Crippen LogP contribution >= 0.6 is 0 Å². The molecule has 3 atom stereocenters. The Bertz CT molecular complexity index is 808. The van der Waals surface area contributed by atoms with Crippen molar-refractivity contribution < 1.29 is 2.85 Å². The number of pyridine rings is 1. The van der Waals surface area contributed by atoms with E-state index in [1.807, 2.05) is 13.8 Å².